The predicted octanol–water partition coefficient (Wildman–Crippen LogP) is 6.08. The number of halogens is 1. The van der Waals surface area contributed by atoms with Crippen molar-refractivity contribution in [1.29, 1.82) is 0 Å². The number of carbonyl (C=O) groups is 1. The van der Waals surface area contributed by atoms with Gasteiger partial charge in [0.2, 0.25) is 0 Å². The Morgan fingerprint density at radius 2 is 1.86 bits per heavy atom. The fourth-order valence-electron chi connectivity index (χ4n) is 4.60. The monoisotopic (exact) mass is 395 g/mol. The number of aryl methyl sites for hydroxylation is 1. The molecule has 3 aromatic rings. The Kier molecular flexibility index (Phi) is 4.84. The molecule has 2 aromatic carbocycles. The first-order chi connectivity index (χ1) is 13.4. The average molecular weight is 396 g/mol. The molecule has 2 unspecified atom stereocenters. The summed E-state index contributed by atoms with van der Waals surface area (Å²) in [5, 5.41) is 7.81. The lowest BCUT2D eigenvalue weighted by atomic mass is 10.0. The van der Waals surface area contributed by atoms with Gasteiger partial charge in [0.15, 0.2) is 0 Å². The van der Waals surface area contributed by atoms with Gasteiger partial charge in [0.1, 0.15) is 0 Å². The summed E-state index contributed by atoms with van der Waals surface area (Å²) in [6.07, 6.45) is 0.963. The SMILES string of the molecule is Cc1[nH]c2ccccc2c1C1C(CCNC(=O)Nc2ccc(Cl)cc2)C1(C)C. The summed E-state index contributed by atoms with van der Waals surface area (Å²) in [7, 11) is 0. The first kappa shape index (κ1) is 18.9. The summed E-state index contributed by atoms with van der Waals surface area (Å²) in [4.78, 5) is 15.7. The van der Waals surface area contributed by atoms with Crippen LogP contribution in [0.25, 0.3) is 10.9 Å². The maximum Gasteiger partial charge on any atom is 0.319 e. The van der Waals surface area contributed by atoms with Gasteiger partial charge in [-0.2, -0.15) is 0 Å². The predicted molar refractivity (Wildman–Crippen MR) is 116 cm³/mol. The van der Waals surface area contributed by atoms with Gasteiger partial charge in [-0.1, -0.05) is 43.6 Å². The third-order valence-corrected chi connectivity index (χ3v) is 6.40. The van der Waals surface area contributed by atoms with Crippen LogP contribution in [-0.2, 0) is 0 Å². The number of nitrogens with one attached hydrogen (secondary N) is 3. The number of para-hydroxylation sites is 1. The second-order valence-corrected chi connectivity index (χ2v) is 8.73. The van der Waals surface area contributed by atoms with Gasteiger partial charge >= 0.3 is 6.03 Å². The van der Waals surface area contributed by atoms with Crippen molar-refractivity contribution in [2.24, 2.45) is 11.3 Å². The smallest absolute Gasteiger partial charge is 0.319 e. The van der Waals surface area contributed by atoms with E-state index in [0.717, 1.165) is 12.1 Å². The molecule has 28 heavy (non-hydrogen) atoms. The van der Waals surface area contributed by atoms with E-state index >= 15 is 0 Å². The lowest BCUT2D eigenvalue weighted by Crippen LogP contribution is -2.29. The standard InChI is InChI=1S/C23H26ClN3O/c1-14-20(17-6-4-5-7-19(17)26-14)21-18(23(21,2)3)12-13-25-22(28)27-16-10-8-15(24)9-11-16/h4-11,18,21,26H,12-13H2,1-3H3,(H2,25,27,28). The number of aromatic nitrogens is 1. The zero-order chi connectivity index (χ0) is 19.9. The molecule has 1 aliphatic rings. The molecule has 5 heteroatoms. The van der Waals surface area contributed by atoms with E-state index in [-0.39, 0.29) is 11.4 Å². The number of rotatable bonds is 5. The maximum atomic E-state index is 12.1. The van der Waals surface area contributed by atoms with E-state index in [0.29, 0.717) is 23.4 Å². The van der Waals surface area contributed by atoms with E-state index in [2.05, 4.69) is 60.7 Å². The summed E-state index contributed by atoms with van der Waals surface area (Å²) in [6.45, 7) is 7.48. The molecule has 4 nitrogen and oxygen atoms in total. The van der Waals surface area contributed by atoms with Crippen molar-refractivity contribution >= 4 is 34.2 Å². The van der Waals surface area contributed by atoms with E-state index in [1.165, 1.54) is 22.2 Å². The van der Waals surface area contributed by atoms with E-state index in [9.17, 15) is 4.79 Å². The molecule has 3 N–H and O–H groups in total. The van der Waals surface area contributed by atoms with Crippen molar-refractivity contribution in [3.8, 4) is 0 Å². The second-order valence-electron chi connectivity index (χ2n) is 8.29. The van der Waals surface area contributed by atoms with E-state index in [4.69, 9.17) is 11.6 Å². The van der Waals surface area contributed by atoms with Crippen LogP contribution in [0.2, 0.25) is 5.02 Å². The van der Waals surface area contributed by atoms with Crippen molar-refractivity contribution in [2.45, 2.75) is 33.1 Å². The van der Waals surface area contributed by atoms with Crippen LogP contribution in [0.3, 0.4) is 0 Å². The van der Waals surface area contributed by atoms with Crippen molar-refractivity contribution in [3.63, 3.8) is 0 Å². The summed E-state index contributed by atoms with van der Waals surface area (Å²) in [5.41, 5.74) is 4.88. The Balaban J connectivity index is 1.37. The highest BCUT2D eigenvalue weighted by atomic mass is 35.5. The number of urea groups is 1. The fraction of sp³-hybridized carbons (Fsp3) is 0.348. The molecule has 0 spiro atoms. The summed E-state index contributed by atoms with van der Waals surface area (Å²) in [5.74, 6) is 1.08. The van der Waals surface area contributed by atoms with Crippen LogP contribution in [0.15, 0.2) is 48.5 Å². The van der Waals surface area contributed by atoms with Crippen LogP contribution in [0.1, 0.15) is 37.4 Å². The Hall–Kier alpha value is -2.46. The molecule has 1 saturated carbocycles. The molecule has 0 saturated heterocycles. The minimum absolute atomic E-state index is 0.180. The number of anilines is 1. The van der Waals surface area contributed by atoms with Crippen molar-refractivity contribution < 1.29 is 4.79 Å². The van der Waals surface area contributed by atoms with E-state index < -0.39 is 0 Å². The number of H-pyrrole nitrogens is 1. The Bertz CT molecular complexity index is 1010. The molecular weight excluding hydrogens is 370 g/mol. The van der Waals surface area contributed by atoms with Gasteiger partial charge in [0, 0.05) is 33.9 Å². The molecule has 1 aliphatic carbocycles. The first-order valence-corrected chi connectivity index (χ1v) is 10.1. The number of benzene rings is 2. The Labute approximate surface area is 170 Å². The van der Waals surface area contributed by atoms with E-state index in [1.54, 1.807) is 24.3 Å². The third-order valence-electron chi connectivity index (χ3n) is 6.15. The van der Waals surface area contributed by atoms with E-state index in [1.807, 2.05) is 0 Å². The van der Waals surface area contributed by atoms with Crippen molar-refractivity contribution in [2.75, 3.05) is 11.9 Å². The number of carbonyl (C=O) groups excluding carboxylic acids is 1. The highest BCUT2D eigenvalue weighted by Gasteiger charge is 2.58. The summed E-state index contributed by atoms with van der Waals surface area (Å²) >= 11 is 5.87. The van der Waals surface area contributed by atoms with Crippen LogP contribution in [-0.4, -0.2) is 17.6 Å². The number of hydrogen-bond acceptors (Lipinski definition) is 1. The van der Waals surface area contributed by atoms with Crippen LogP contribution < -0.4 is 10.6 Å². The van der Waals surface area contributed by atoms with Gasteiger partial charge in [-0.05, 0) is 66.5 Å². The minimum atomic E-state index is -0.180. The van der Waals surface area contributed by atoms with Crippen molar-refractivity contribution in [3.05, 3.63) is 64.8 Å². The molecular formula is C23H26ClN3O. The zero-order valence-electron chi connectivity index (χ0n) is 16.5. The van der Waals surface area contributed by atoms with Gasteiger partial charge in [0.25, 0.3) is 0 Å². The average Bonchev–Trinajstić information content (AvgIpc) is 3.02. The Morgan fingerprint density at radius 3 is 2.61 bits per heavy atom. The molecule has 1 aromatic heterocycles. The molecule has 2 amide bonds. The molecule has 1 heterocycles. The molecule has 4 rings (SSSR count). The topological polar surface area (TPSA) is 56.9 Å². The molecule has 1 fully saturated rings. The first-order valence-electron chi connectivity index (χ1n) is 9.75. The van der Waals surface area contributed by atoms with Crippen LogP contribution in [0.5, 0.6) is 0 Å². The Morgan fingerprint density at radius 1 is 1.14 bits per heavy atom. The van der Waals surface area contributed by atoms with Gasteiger partial charge in [-0.25, -0.2) is 4.79 Å². The molecule has 2 atom stereocenters. The third kappa shape index (κ3) is 3.49. The second kappa shape index (κ2) is 7.17. The summed E-state index contributed by atoms with van der Waals surface area (Å²) in [6, 6.07) is 15.4. The number of hydrogen-bond donors (Lipinski definition) is 3. The molecule has 0 bridgehead atoms. The number of fused-ring (bicyclic) bond motifs is 1. The van der Waals surface area contributed by atoms with Gasteiger partial charge in [-0.3, -0.25) is 0 Å². The molecule has 0 aliphatic heterocycles. The van der Waals surface area contributed by atoms with Crippen LogP contribution >= 0.6 is 11.6 Å². The molecule has 146 valence electrons. The van der Waals surface area contributed by atoms with Crippen molar-refractivity contribution in [1.82, 2.24) is 10.3 Å². The summed E-state index contributed by atoms with van der Waals surface area (Å²) < 4.78 is 0. The van der Waals surface area contributed by atoms with Crippen LogP contribution in [0, 0.1) is 18.3 Å². The fourth-order valence-corrected chi connectivity index (χ4v) is 4.73. The molecule has 0 radical (unpaired) electrons. The van der Waals surface area contributed by atoms with Gasteiger partial charge in [-0.15, -0.1) is 0 Å². The zero-order valence-corrected chi connectivity index (χ0v) is 17.2. The normalized spacial score (nSPS) is 20.1. The highest BCUT2D eigenvalue weighted by molar-refractivity contribution is 6.30. The minimum Gasteiger partial charge on any atom is -0.358 e. The largest absolute Gasteiger partial charge is 0.358 e. The van der Waals surface area contributed by atoms with Gasteiger partial charge in [0.05, 0.1) is 0 Å². The van der Waals surface area contributed by atoms with Gasteiger partial charge < -0.3 is 15.6 Å². The lowest BCUT2D eigenvalue weighted by molar-refractivity contribution is 0.251. The highest BCUT2D eigenvalue weighted by Crippen LogP contribution is 2.67. The lowest BCUT2D eigenvalue weighted by Gasteiger charge is -2.08. The quantitative estimate of drug-likeness (QED) is 0.481. The number of amides is 2. The number of aromatic amines is 1. The van der Waals surface area contributed by atoms with Crippen LogP contribution in [0.4, 0.5) is 10.5 Å². The maximum absolute atomic E-state index is 12.1.